The lowest BCUT2D eigenvalue weighted by Crippen LogP contribution is -2.53. The van der Waals surface area contributed by atoms with Gasteiger partial charge in [-0.3, -0.25) is 9.69 Å². The van der Waals surface area contributed by atoms with Crippen LogP contribution in [0.25, 0.3) is 0 Å². The highest BCUT2D eigenvalue weighted by molar-refractivity contribution is 7.12. The minimum Gasteiger partial charge on any atom is -0.369 e. The van der Waals surface area contributed by atoms with Crippen LogP contribution in [-0.4, -0.2) is 23.3 Å². The molecule has 5 nitrogen and oxygen atoms in total. The molecule has 1 aliphatic heterocycles. The fourth-order valence-electron chi connectivity index (χ4n) is 3.90. The minimum absolute atomic E-state index is 0.0430. The number of guanidine groups is 1. The average molecular weight is 379 g/mol. The van der Waals surface area contributed by atoms with Gasteiger partial charge in [-0.05, 0) is 55.9 Å². The smallest absolute Gasteiger partial charge is 0.239 e. The zero-order valence-electron chi connectivity index (χ0n) is 15.5. The Kier molecular flexibility index (Phi) is 4.27. The van der Waals surface area contributed by atoms with Gasteiger partial charge in [0, 0.05) is 11.4 Å². The Morgan fingerprint density at radius 1 is 1.26 bits per heavy atom. The quantitative estimate of drug-likeness (QED) is 0.881. The summed E-state index contributed by atoms with van der Waals surface area (Å²) in [6.45, 7) is 4.32. The van der Waals surface area contributed by atoms with E-state index in [9.17, 15) is 10.1 Å². The number of aliphatic imine (C=N–C) groups is 1. The first kappa shape index (κ1) is 17.7. The van der Waals surface area contributed by atoms with E-state index < -0.39 is 11.5 Å². The first-order valence-electron chi connectivity index (χ1n) is 9.25. The molecule has 1 fully saturated rings. The molecule has 0 spiro atoms. The number of hydrogen-bond donors (Lipinski definition) is 1. The Balaban J connectivity index is 1.83. The van der Waals surface area contributed by atoms with Crippen molar-refractivity contribution in [1.29, 1.82) is 5.26 Å². The van der Waals surface area contributed by atoms with Crippen molar-refractivity contribution >= 4 is 23.2 Å². The third-order valence-corrected chi connectivity index (χ3v) is 6.76. The zero-order chi connectivity index (χ0) is 19.2. The average Bonchev–Trinajstić information content (AvgIpc) is 3.38. The fourth-order valence-corrected chi connectivity index (χ4v) is 4.83. The van der Waals surface area contributed by atoms with Crippen molar-refractivity contribution in [3.05, 3.63) is 57.3 Å². The second-order valence-corrected chi connectivity index (χ2v) is 8.43. The maximum Gasteiger partial charge on any atom is 0.239 e. The summed E-state index contributed by atoms with van der Waals surface area (Å²) in [5, 5.41) is 9.21. The van der Waals surface area contributed by atoms with Crippen molar-refractivity contribution in [2.75, 3.05) is 6.54 Å². The molecule has 0 radical (unpaired) electrons. The molecule has 2 atom stereocenters. The van der Waals surface area contributed by atoms with Gasteiger partial charge in [-0.1, -0.05) is 24.3 Å². The molecular weight excluding hydrogens is 356 g/mol. The van der Waals surface area contributed by atoms with Gasteiger partial charge in [0.2, 0.25) is 5.91 Å². The second-order valence-electron chi connectivity index (χ2n) is 7.35. The maximum absolute atomic E-state index is 13.4. The van der Waals surface area contributed by atoms with Crippen molar-refractivity contribution in [3.63, 3.8) is 0 Å². The van der Waals surface area contributed by atoms with Crippen molar-refractivity contribution in [3.8, 4) is 6.07 Å². The number of benzene rings is 1. The summed E-state index contributed by atoms with van der Waals surface area (Å²) in [4.78, 5) is 21.2. The Morgan fingerprint density at radius 3 is 2.48 bits per heavy atom. The predicted molar refractivity (Wildman–Crippen MR) is 107 cm³/mol. The van der Waals surface area contributed by atoms with E-state index >= 15 is 0 Å². The van der Waals surface area contributed by atoms with Gasteiger partial charge < -0.3 is 5.73 Å². The van der Waals surface area contributed by atoms with Crippen molar-refractivity contribution < 1.29 is 4.79 Å². The number of nitriles is 1. The topological polar surface area (TPSA) is 82.5 Å². The molecule has 0 saturated heterocycles. The summed E-state index contributed by atoms with van der Waals surface area (Å²) in [6, 6.07) is 14.2. The lowest BCUT2D eigenvalue weighted by atomic mass is 9.77. The van der Waals surface area contributed by atoms with E-state index in [-0.39, 0.29) is 11.9 Å². The van der Waals surface area contributed by atoms with Gasteiger partial charge >= 0.3 is 0 Å². The number of rotatable bonds is 4. The molecule has 138 valence electrons. The van der Waals surface area contributed by atoms with E-state index in [1.165, 1.54) is 29.7 Å². The lowest BCUT2D eigenvalue weighted by Gasteiger charge is -2.41. The first-order valence-corrected chi connectivity index (χ1v) is 10.1. The third-order valence-electron chi connectivity index (χ3n) is 5.55. The normalized spacial score (nSPS) is 25.2. The van der Waals surface area contributed by atoms with Gasteiger partial charge in [-0.15, -0.1) is 11.3 Å². The van der Waals surface area contributed by atoms with Crippen LogP contribution in [0.2, 0.25) is 0 Å². The molecule has 1 aromatic carbocycles. The van der Waals surface area contributed by atoms with E-state index in [1.54, 1.807) is 11.0 Å². The highest BCUT2D eigenvalue weighted by Crippen LogP contribution is 2.47. The van der Waals surface area contributed by atoms with Crippen LogP contribution >= 0.6 is 11.3 Å². The van der Waals surface area contributed by atoms with Crippen molar-refractivity contribution in [2.24, 2.45) is 10.7 Å². The van der Waals surface area contributed by atoms with E-state index in [2.05, 4.69) is 30.3 Å². The number of carbonyl (C=O) groups excluding carboxylic acids is 1. The largest absolute Gasteiger partial charge is 0.369 e. The number of hydrogen-bond acceptors (Lipinski definition) is 5. The number of nitrogens with zero attached hydrogens (tertiary/aromatic N) is 3. The monoisotopic (exact) mass is 378 g/mol. The SMILES string of the molecule is CCN1C(=O)C(c2ccc(C3CC3)cc2)[C@@](C)(c2ccc(C#N)s2)N=C1N. The van der Waals surface area contributed by atoms with E-state index in [0.717, 1.165) is 10.4 Å². The van der Waals surface area contributed by atoms with Crippen LogP contribution in [0.5, 0.6) is 0 Å². The van der Waals surface area contributed by atoms with Crippen LogP contribution in [0.3, 0.4) is 0 Å². The molecule has 2 N–H and O–H groups in total. The highest BCUT2D eigenvalue weighted by Gasteiger charge is 2.48. The van der Waals surface area contributed by atoms with Gasteiger partial charge in [-0.2, -0.15) is 5.26 Å². The summed E-state index contributed by atoms with van der Waals surface area (Å²) < 4.78 is 0. The molecule has 0 bridgehead atoms. The van der Waals surface area contributed by atoms with Gasteiger partial charge in [0.05, 0.1) is 5.92 Å². The molecule has 1 aliphatic carbocycles. The molecule has 1 unspecified atom stereocenters. The number of carbonyl (C=O) groups is 1. The zero-order valence-corrected chi connectivity index (χ0v) is 16.3. The number of nitrogens with two attached hydrogens (primary N) is 1. The Bertz CT molecular complexity index is 951. The molecule has 4 rings (SSSR count). The summed E-state index contributed by atoms with van der Waals surface area (Å²) >= 11 is 1.37. The number of likely N-dealkylation sites (N-methyl/N-ethyl adjacent to an activating group) is 1. The van der Waals surface area contributed by atoms with Crippen LogP contribution in [0, 0.1) is 11.3 Å². The van der Waals surface area contributed by atoms with Crippen molar-refractivity contribution in [1.82, 2.24) is 4.90 Å². The van der Waals surface area contributed by atoms with Crippen LogP contribution in [0.4, 0.5) is 0 Å². The second kappa shape index (κ2) is 6.50. The van der Waals surface area contributed by atoms with E-state index in [1.807, 2.05) is 19.9 Å². The van der Waals surface area contributed by atoms with Gasteiger partial charge in [-0.25, -0.2) is 4.99 Å². The standard InChI is InChI=1S/C21H22N4OS/c1-3-25-19(26)18(15-8-6-14(7-9-15)13-4-5-13)21(2,24-20(25)23)17-11-10-16(12-22)27-17/h6-11,13,18H,3-5H2,1-2H3,(H2,23,24)/t18?,21-/m1/s1. The lowest BCUT2D eigenvalue weighted by molar-refractivity contribution is -0.131. The summed E-state index contributed by atoms with van der Waals surface area (Å²) in [5.74, 6) is 0.397. The van der Waals surface area contributed by atoms with Gasteiger partial charge in [0.1, 0.15) is 16.5 Å². The van der Waals surface area contributed by atoms with Crippen LogP contribution < -0.4 is 5.73 Å². The fraction of sp³-hybridized carbons (Fsp3) is 0.381. The Hall–Kier alpha value is -2.65. The molecule has 1 aromatic heterocycles. The highest BCUT2D eigenvalue weighted by atomic mass is 32.1. The Labute approximate surface area is 163 Å². The van der Waals surface area contributed by atoms with Crippen LogP contribution in [0.15, 0.2) is 41.4 Å². The third kappa shape index (κ3) is 2.92. The molecule has 2 aliphatic rings. The van der Waals surface area contributed by atoms with Gasteiger partial charge in [0.15, 0.2) is 5.96 Å². The van der Waals surface area contributed by atoms with Crippen LogP contribution in [-0.2, 0) is 10.3 Å². The summed E-state index contributed by atoms with van der Waals surface area (Å²) in [6.07, 6.45) is 2.49. The molecule has 27 heavy (non-hydrogen) atoms. The molecule has 6 heteroatoms. The van der Waals surface area contributed by atoms with E-state index in [0.29, 0.717) is 17.3 Å². The number of amides is 1. The summed E-state index contributed by atoms with van der Waals surface area (Å²) in [5.41, 5.74) is 7.59. The molecule has 1 amide bonds. The van der Waals surface area contributed by atoms with Crippen molar-refractivity contribution in [2.45, 2.75) is 44.1 Å². The molecule has 2 aromatic rings. The van der Waals surface area contributed by atoms with Crippen LogP contribution in [0.1, 0.15) is 59.4 Å². The molecule has 2 heterocycles. The minimum atomic E-state index is -0.826. The maximum atomic E-state index is 13.4. The van der Waals surface area contributed by atoms with Gasteiger partial charge in [0.25, 0.3) is 0 Å². The predicted octanol–water partition coefficient (Wildman–Crippen LogP) is 3.67. The number of thiophene rings is 1. The Morgan fingerprint density at radius 2 is 1.93 bits per heavy atom. The molecular formula is C21H22N4OS. The molecule has 1 saturated carbocycles. The van der Waals surface area contributed by atoms with E-state index in [4.69, 9.17) is 10.7 Å². The first-order chi connectivity index (χ1) is 13.0. The summed E-state index contributed by atoms with van der Waals surface area (Å²) in [7, 11) is 0.